The van der Waals surface area contributed by atoms with Gasteiger partial charge in [-0.15, -0.1) is 5.10 Å². The third-order valence-electron chi connectivity index (χ3n) is 2.15. The number of aromatic nitrogens is 3. The molecule has 1 N–H and O–H groups in total. The lowest BCUT2D eigenvalue weighted by atomic mass is 10.1. The summed E-state index contributed by atoms with van der Waals surface area (Å²) in [4.78, 5) is 14.9. The average molecular weight is 233 g/mol. The largest absolute Gasteiger partial charge is 0.478 e. The molecule has 2 rings (SSSR count). The second-order valence-corrected chi connectivity index (χ2v) is 3.61. The van der Waals surface area contributed by atoms with E-state index >= 15 is 0 Å². The summed E-state index contributed by atoms with van der Waals surface area (Å²) >= 11 is 0. The first kappa shape index (κ1) is 11.1. The second kappa shape index (κ2) is 4.25. The molecule has 1 aromatic carbocycles. The predicted octanol–water partition coefficient (Wildman–Crippen LogP) is 1.61. The molecule has 6 nitrogen and oxygen atoms in total. The molecule has 0 aliphatic rings. The molecule has 0 unspecified atom stereocenters. The molecule has 6 heteroatoms. The highest BCUT2D eigenvalue weighted by Crippen LogP contribution is 2.24. The summed E-state index contributed by atoms with van der Waals surface area (Å²) < 4.78 is 6.83. The third-order valence-corrected chi connectivity index (χ3v) is 2.15. The number of ether oxygens (including phenoxy) is 1. The molecule has 0 saturated heterocycles. The minimum atomic E-state index is -1.05. The standard InChI is InChI=1S/C11H11N3O3/c1-7-3-4-8(10(15)16)9(5-7)17-11-12-6-14(2)13-11/h3-6H,1-2H3,(H,15,16). The molecule has 0 atom stereocenters. The van der Waals surface area contributed by atoms with E-state index in [9.17, 15) is 4.79 Å². The van der Waals surface area contributed by atoms with Gasteiger partial charge in [-0.1, -0.05) is 6.07 Å². The third kappa shape index (κ3) is 2.41. The lowest BCUT2D eigenvalue weighted by molar-refractivity contribution is 0.0694. The van der Waals surface area contributed by atoms with Crippen LogP contribution in [-0.4, -0.2) is 25.8 Å². The van der Waals surface area contributed by atoms with Gasteiger partial charge in [-0.2, -0.15) is 4.98 Å². The Morgan fingerprint density at radius 1 is 1.47 bits per heavy atom. The van der Waals surface area contributed by atoms with E-state index in [2.05, 4.69) is 10.1 Å². The van der Waals surface area contributed by atoms with Crippen molar-refractivity contribution in [1.29, 1.82) is 0 Å². The van der Waals surface area contributed by atoms with E-state index in [0.717, 1.165) is 5.56 Å². The fourth-order valence-electron chi connectivity index (χ4n) is 1.36. The van der Waals surface area contributed by atoms with Crippen LogP contribution in [0.25, 0.3) is 0 Å². The van der Waals surface area contributed by atoms with Crippen LogP contribution < -0.4 is 4.74 Å². The molecule has 0 aliphatic carbocycles. The van der Waals surface area contributed by atoms with Gasteiger partial charge in [-0.3, -0.25) is 4.68 Å². The van der Waals surface area contributed by atoms with Crippen LogP contribution >= 0.6 is 0 Å². The molecule has 0 radical (unpaired) electrons. The Labute approximate surface area is 97.5 Å². The van der Waals surface area contributed by atoms with Gasteiger partial charge in [0.25, 0.3) is 0 Å². The van der Waals surface area contributed by atoms with Gasteiger partial charge in [-0.25, -0.2) is 4.79 Å². The van der Waals surface area contributed by atoms with E-state index in [1.165, 1.54) is 17.1 Å². The zero-order valence-corrected chi connectivity index (χ0v) is 9.41. The molecule has 0 saturated carbocycles. The van der Waals surface area contributed by atoms with Gasteiger partial charge in [0.05, 0.1) is 0 Å². The molecule has 88 valence electrons. The fraction of sp³-hybridized carbons (Fsp3) is 0.182. The topological polar surface area (TPSA) is 77.2 Å². The van der Waals surface area contributed by atoms with Crippen molar-refractivity contribution in [3.8, 4) is 11.8 Å². The molecule has 0 aliphatic heterocycles. The van der Waals surface area contributed by atoms with Crippen molar-refractivity contribution in [1.82, 2.24) is 14.8 Å². The fourth-order valence-corrected chi connectivity index (χ4v) is 1.36. The zero-order valence-electron chi connectivity index (χ0n) is 9.41. The SMILES string of the molecule is Cc1ccc(C(=O)O)c(Oc2ncn(C)n2)c1. The van der Waals surface area contributed by atoms with Crippen molar-refractivity contribution in [2.45, 2.75) is 6.92 Å². The molecule has 0 bridgehead atoms. The molecule has 0 amide bonds. The molecule has 0 fully saturated rings. The van der Waals surface area contributed by atoms with Gasteiger partial charge in [0.2, 0.25) is 0 Å². The van der Waals surface area contributed by atoms with Gasteiger partial charge in [0.15, 0.2) is 0 Å². The highest BCUT2D eigenvalue weighted by molar-refractivity contribution is 5.91. The lowest BCUT2D eigenvalue weighted by Gasteiger charge is -2.06. The Morgan fingerprint density at radius 3 is 2.82 bits per heavy atom. The van der Waals surface area contributed by atoms with Crippen LogP contribution in [0.2, 0.25) is 0 Å². The number of aromatic carboxylic acids is 1. The van der Waals surface area contributed by atoms with Crippen molar-refractivity contribution in [3.63, 3.8) is 0 Å². The molecule has 1 heterocycles. The van der Waals surface area contributed by atoms with Crippen LogP contribution in [0.4, 0.5) is 0 Å². The average Bonchev–Trinajstić information content (AvgIpc) is 2.63. The van der Waals surface area contributed by atoms with Gasteiger partial charge in [-0.05, 0) is 24.6 Å². The van der Waals surface area contributed by atoms with Crippen LogP contribution in [0.3, 0.4) is 0 Å². The second-order valence-electron chi connectivity index (χ2n) is 3.61. The summed E-state index contributed by atoms with van der Waals surface area (Å²) in [6.45, 7) is 1.85. The van der Waals surface area contributed by atoms with E-state index in [1.807, 2.05) is 6.92 Å². The van der Waals surface area contributed by atoms with Crippen LogP contribution in [-0.2, 0) is 7.05 Å². The molecule has 0 spiro atoms. The van der Waals surface area contributed by atoms with Crippen LogP contribution in [0.1, 0.15) is 15.9 Å². The quantitative estimate of drug-likeness (QED) is 0.871. The van der Waals surface area contributed by atoms with Crippen LogP contribution in [0, 0.1) is 6.92 Å². The van der Waals surface area contributed by atoms with Crippen molar-refractivity contribution in [2.75, 3.05) is 0 Å². The molecule has 1 aromatic heterocycles. The molecular weight excluding hydrogens is 222 g/mol. The minimum absolute atomic E-state index is 0.0862. The number of carboxylic acids is 1. The summed E-state index contributed by atoms with van der Waals surface area (Å²) in [5, 5.41) is 12.9. The Bertz CT molecular complexity index is 563. The summed E-state index contributed by atoms with van der Waals surface area (Å²) in [7, 11) is 1.70. The number of nitrogens with zero attached hydrogens (tertiary/aromatic N) is 3. The maximum atomic E-state index is 11.0. The number of rotatable bonds is 3. The van der Waals surface area contributed by atoms with Crippen molar-refractivity contribution in [3.05, 3.63) is 35.7 Å². The first-order valence-electron chi connectivity index (χ1n) is 4.93. The Balaban J connectivity index is 2.37. The van der Waals surface area contributed by atoms with Gasteiger partial charge in [0, 0.05) is 7.05 Å². The van der Waals surface area contributed by atoms with Crippen LogP contribution in [0.15, 0.2) is 24.5 Å². The lowest BCUT2D eigenvalue weighted by Crippen LogP contribution is -2.01. The number of aryl methyl sites for hydroxylation is 2. The predicted molar refractivity (Wildman–Crippen MR) is 59.2 cm³/mol. The summed E-state index contributed by atoms with van der Waals surface area (Å²) in [5.41, 5.74) is 0.990. The number of carboxylic acid groups (broad SMARTS) is 1. The van der Waals surface area contributed by atoms with Crippen molar-refractivity contribution in [2.24, 2.45) is 7.05 Å². The molecule has 2 aromatic rings. The van der Waals surface area contributed by atoms with Crippen LogP contribution in [0.5, 0.6) is 11.8 Å². The Kier molecular flexibility index (Phi) is 2.78. The van der Waals surface area contributed by atoms with E-state index in [4.69, 9.17) is 9.84 Å². The van der Waals surface area contributed by atoms with E-state index in [1.54, 1.807) is 19.2 Å². The van der Waals surface area contributed by atoms with E-state index in [0.29, 0.717) is 0 Å². The van der Waals surface area contributed by atoms with Crippen molar-refractivity contribution < 1.29 is 14.6 Å². The first-order chi connectivity index (χ1) is 8.06. The number of benzene rings is 1. The molecular formula is C11H11N3O3. The highest BCUT2D eigenvalue weighted by atomic mass is 16.5. The normalized spacial score (nSPS) is 10.2. The van der Waals surface area contributed by atoms with E-state index in [-0.39, 0.29) is 17.3 Å². The summed E-state index contributed by atoms with van der Waals surface area (Å²) in [6.07, 6.45) is 1.48. The summed E-state index contributed by atoms with van der Waals surface area (Å²) in [6, 6.07) is 4.97. The van der Waals surface area contributed by atoms with Gasteiger partial charge >= 0.3 is 12.0 Å². The number of hydrogen-bond donors (Lipinski definition) is 1. The summed E-state index contributed by atoms with van der Waals surface area (Å²) in [5.74, 6) is -0.806. The number of hydrogen-bond acceptors (Lipinski definition) is 4. The first-order valence-corrected chi connectivity index (χ1v) is 4.93. The maximum Gasteiger partial charge on any atom is 0.341 e. The molecule has 17 heavy (non-hydrogen) atoms. The minimum Gasteiger partial charge on any atom is -0.478 e. The Morgan fingerprint density at radius 2 is 2.24 bits per heavy atom. The maximum absolute atomic E-state index is 11.0. The smallest absolute Gasteiger partial charge is 0.341 e. The number of carbonyl (C=O) groups is 1. The van der Waals surface area contributed by atoms with Gasteiger partial charge < -0.3 is 9.84 Å². The van der Waals surface area contributed by atoms with E-state index < -0.39 is 5.97 Å². The Hall–Kier alpha value is -2.37. The van der Waals surface area contributed by atoms with Crippen molar-refractivity contribution >= 4 is 5.97 Å². The monoisotopic (exact) mass is 233 g/mol. The highest BCUT2D eigenvalue weighted by Gasteiger charge is 2.13. The zero-order chi connectivity index (χ0) is 12.4. The van der Waals surface area contributed by atoms with Gasteiger partial charge in [0.1, 0.15) is 17.6 Å².